The zero-order chi connectivity index (χ0) is 15.2. The van der Waals surface area contributed by atoms with Crippen LogP contribution in [-0.2, 0) is 0 Å². The topological polar surface area (TPSA) is 34.2 Å². The summed E-state index contributed by atoms with van der Waals surface area (Å²) in [5, 5.41) is 3.52. The van der Waals surface area contributed by atoms with Gasteiger partial charge in [-0.15, -0.1) is 0 Å². The van der Waals surface area contributed by atoms with Crippen molar-refractivity contribution >= 4 is 15.9 Å². The van der Waals surface area contributed by atoms with Crippen LogP contribution in [0.4, 0.5) is 0 Å². The van der Waals surface area contributed by atoms with E-state index >= 15 is 0 Å². The van der Waals surface area contributed by atoms with Crippen LogP contribution in [0.15, 0.2) is 41.1 Å². The van der Waals surface area contributed by atoms with Crippen molar-refractivity contribution in [2.45, 2.75) is 26.8 Å². The minimum Gasteiger partial charge on any atom is -0.492 e. The molecule has 3 nitrogen and oxygen atoms in total. The van der Waals surface area contributed by atoms with Crippen LogP contribution in [0.5, 0.6) is 5.75 Å². The van der Waals surface area contributed by atoms with Crippen molar-refractivity contribution in [3.63, 3.8) is 0 Å². The minimum absolute atomic E-state index is 0.110. The molecule has 4 heteroatoms. The first-order chi connectivity index (χ1) is 10.1. The maximum Gasteiger partial charge on any atom is 0.137 e. The molecule has 1 atom stereocenters. The Bertz CT molecular complexity index is 581. The van der Waals surface area contributed by atoms with E-state index in [1.807, 2.05) is 13.1 Å². The van der Waals surface area contributed by atoms with Gasteiger partial charge in [-0.05, 0) is 55.3 Å². The number of ether oxygens (including phenoxy) is 1. The summed E-state index contributed by atoms with van der Waals surface area (Å²) in [7, 11) is 0. The Balaban J connectivity index is 2.40. The molecule has 0 fully saturated rings. The third-order valence-corrected chi connectivity index (χ3v) is 3.64. The fourth-order valence-corrected chi connectivity index (χ4v) is 3.03. The molecule has 1 N–H and O–H groups in total. The van der Waals surface area contributed by atoms with Crippen LogP contribution in [0.3, 0.4) is 0 Å². The summed E-state index contributed by atoms with van der Waals surface area (Å²) in [6.07, 6.45) is 3.65. The molecule has 0 saturated carbocycles. The standard InChI is InChI=1S/C17H21BrN2O/c1-4-20-17(13-6-12(3)7-15(18)8-13)14-9-16(21-5-2)11-19-10-14/h6-11,17,20H,4-5H2,1-3H3. The molecular formula is C17H21BrN2O. The average Bonchev–Trinajstić information content (AvgIpc) is 2.44. The average molecular weight is 349 g/mol. The Labute approximate surface area is 134 Å². The van der Waals surface area contributed by atoms with Gasteiger partial charge in [0, 0.05) is 10.7 Å². The predicted octanol–water partition coefficient (Wildman–Crippen LogP) is 4.25. The number of rotatable bonds is 6. The third-order valence-electron chi connectivity index (χ3n) is 3.18. The number of nitrogens with zero attached hydrogens (tertiary/aromatic N) is 1. The molecule has 2 aromatic rings. The Morgan fingerprint density at radius 1 is 1.14 bits per heavy atom. The largest absolute Gasteiger partial charge is 0.492 e. The second-order valence-corrected chi connectivity index (χ2v) is 5.86. The highest BCUT2D eigenvalue weighted by Crippen LogP contribution is 2.27. The summed E-state index contributed by atoms with van der Waals surface area (Å²) >= 11 is 3.58. The first-order valence-corrected chi connectivity index (χ1v) is 8.01. The van der Waals surface area contributed by atoms with Crippen molar-refractivity contribution in [2.24, 2.45) is 0 Å². The van der Waals surface area contributed by atoms with Gasteiger partial charge >= 0.3 is 0 Å². The molecule has 0 radical (unpaired) electrons. The van der Waals surface area contributed by atoms with Gasteiger partial charge in [0.2, 0.25) is 0 Å². The van der Waals surface area contributed by atoms with Crippen LogP contribution < -0.4 is 10.1 Å². The van der Waals surface area contributed by atoms with Gasteiger partial charge in [-0.2, -0.15) is 0 Å². The van der Waals surface area contributed by atoms with Crippen molar-refractivity contribution in [1.29, 1.82) is 0 Å². The van der Waals surface area contributed by atoms with Crippen LogP contribution in [0.2, 0.25) is 0 Å². The maximum absolute atomic E-state index is 5.56. The fraction of sp³-hybridized carbons (Fsp3) is 0.353. The lowest BCUT2D eigenvalue weighted by atomic mass is 9.98. The first kappa shape index (κ1) is 16.0. The number of halogens is 1. The lowest BCUT2D eigenvalue weighted by molar-refractivity contribution is 0.338. The molecular weight excluding hydrogens is 328 g/mol. The monoisotopic (exact) mass is 348 g/mol. The van der Waals surface area contributed by atoms with E-state index in [9.17, 15) is 0 Å². The van der Waals surface area contributed by atoms with Crippen molar-refractivity contribution in [3.05, 3.63) is 57.8 Å². The summed E-state index contributed by atoms with van der Waals surface area (Å²) in [5.41, 5.74) is 3.57. The smallest absolute Gasteiger partial charge is 0.137 e. The highest BCUT2D eigenvalue weighted by atomic mass is 79.9. The van der Waals surface area contributed by atoms with Crippen LogP contribution in [0, 0.1) is 6.92 Å². The molecule has 0 saturated heterocycles. The van der Waals surface area contributed by atoms with Gasteiger partial charge < -0.3 is 10.1 Å². The number of hydrogen-bond acceptors (Lipinski definition) is 3. The van der Waals surface area contributed by atoms with E-state index in [0.29, 0.717) is 6.61 Å². The molecule has 0 aliphatic heterocycles. The number of aryl methyl sites for hydroxylation is 1. The lowest BCUT2D eigenvalue weighted by Crippen LogP contribution is -2.22. The van der Waals surface area contributed by atoms with Crippen LogP contribution in [0.1, 0.15) is 36.6 Å². The van der Waals surface area contributed by atoms with Gasteiger partial charge in [-0.25, -0.2) is 0 Å². The molecule has 1 unspecified atom stereocenters. The number of hydrogen-bond donors (Lipinski definition) is 1. The number of pyridine rings is 1. The second kappa shape index (κ2) is 7.57. The quantitative estimate of drug-likeness (QED) is 0.847. The minimum atomic E-state index is 0.110. The van der Waals surface area contributed by atoms with Gasteiger partial charge in [-0.3, -0.25) is 4.98 Å². The third kappa shape index (κ3) is 4.29. The van der Waals surface area contributed by atoms with Gasteiger partial charge in [-0.1, -0.05) is 28.9 Å². The maximum atomic E-state index is 5.56. The van der Waals surface area contributed by atoms with Crippen molar-refractivity contribution in [1.82, 2.24) is 10.3 Å². The Hall–Kier alpha value is -1.39. The second-order valence-electron chi connectivity index (χ2n) is 4.94. The molecule has 112 valence electrons. The summed E-state index contributed by atoms with van der Waals surface area (Å²) < 4.78 is 6.65. The number of benzene rings is 1. The van der Waals surface area contributed by atoms with E-state index in [-0.39, 0.29) is 6.04 Å². The number of nitrogens with one attached hydrogen (secondary N) is 1. The summed E-state index contributed by atoms with van der Waals surface area (Å²) in [4.78, 5) is 4.30. The zero-order valence-corrected chi connectivity index (χ0v) is 14.3. The van der Waals surface area contributed by atoms with E-state index in [2.05, 4.69) is 64.3 Å². The lowest BCUT2D eigenvalue weighted by Gasteiger charge is -2.20. The SMILES string of the molecule is CCNC(c1cc(C)cc(Br)c1)c1cncc(OCC)c1. The molecule has 1 aromatic carbocycles. The van der Waals surface area contributed by atoms with Gasteiger partial charge in [0.25, 0.3) is 0 Å². The molecule has 0 aliphatic rings. The highest BCUT2D eigenvalue weighted by molar-refractivity contribution is 9.10. The Morgan fingerprint density at radius 3 is 2.62 bits per heavy atom. The van der Waals surface area contributed by atoms with Gasteiger partial charge in [0.1, 0.15) is 5.75 Å². The first-order valence-electron chi connectivity index (χ1n) is 7.22. The van der Waals surface area contributed by atoms with Crippen LogP contribution in [-0.4, -0.2) is 18.1 Å². The molecule has 0 amide bonds. The van der Waals surface area contributed by atoms with Crippen molar-refractivity contribution in [2.75, 3.05) is 13.2 Å². The van der Waals surface area contributed by atoms with E-state index in [1.54, 1.807) is 6.20 Å². The molecule has 0 aliphatic carbocycles. The fourth-order valence-electron chi connectivity index (χ4n) is 2.40. The molecule has 0 spiro atoms. The van der Waals surface area contributed by atoms with Crippen LogP contribution in [0.25, 0.3) is 0 Å². The summed E-state index contributed by atoms with van der Waals surface area (Å²) in [5.74, 6) is 0.810. The van der Waals surface area contributed by atoms with E-state index in [4.69, 9.17) is 4.74 Å². The molecule has 21 heavy (non-hydrogen) atoms. The van der Waals surface area contributed by atoms with Gasteiger partial charge in [0.05, 0.1) is 18.8 Å². The Morgan fingerprint density at radius 2 is 1.95 bits per heavy atom. The zero-order valence-electron chi connectivity index (χ0n) is 12.7. The molecule has 0 bridgehead atoms. The normalized spacial score (nSPS) is 12.2. The molecule has 2 rings (SSSR count). The predicted molar refractivity (Wildman–Crippen MR) is 89.8 cm³/mol. The molecule has 1 heterocycles. The highest BCUT2D eigenvalue weighted by Gasteiger charge is 2.15. The molecule has 1 aromatic heterocycles. The van der Waals surface area contributed by atoms with E-state index < -0.39 is 0 Å². The van der Waals surface area contributed by atoms with E-state index in [0.717, 1.165) is 22.3 Å². The van der Waals surface area contributed by atoms with E-state index in [1.165, 1.54) is 11.1 Å². The van der Waals surface area contributed by atoms with Crippen molar-refractivity contribution < 1.29 is 4.74 Å². The summed E-state index contributed by atoms with van der Waals surface area (Å²) in [6.45, 7) is 7.72. The van der Waals surface area contributed by atoms with Crippen molar-refractivity contribution in [3.8, 4) is 5.75 Å². The number of aromatic nitrogens is 1. The van der Waals surface area contributed by atoms with Crippen LogP contribution >= 0.6 is 15.9 Å². The Kier molecular flexibility index (Phi) is 5.76. The van der Waals surface area contributed by atoms with Gasteiger partial charge in [0.15, 0.2) is 0 Å². The summed E-state index contributed by atoms with van der Waals surface area (Å²) in [6, 6.07) is 8.62.